The Bertz CT molecular complexity index is 388. The molecule has 6 nitrogen and oxygen atoms in total. The lowest BCUT2D eigenvalue weighted by Gasteiger charge is -2.09. The molecule has 0 saturated carbocycles. The van der Waals surface area contributed by atoms with E-state index in [0.717, 1.165) is 19.3 Å². The number of ether oxygens (including phenoxy) is 2. The molecule has 0 heterocycles. The first-order valence-electron chi connectivity index (χ1n) is 10.9. The molecule has 0 aromatic rings. The molecule has 0 fully saturated rings. The second-order valence-electron chi connectivity index (χ2n) is 7.36. The highest BCUT2D eigenvalue weighted by atomic mass is 16.5. The lowest BCUT2D eigenvalue weighted by atomic mass is 10.1. The summed E-state index contributed by atoms with van der Waals surface area (Å²) in [7, 11) is 0. The Morgan fingerprint density at radius 1 is 0.724 bits per heavy atom. The third kappa shape index (κ3) is 24.7. The average Bonchev–Trinajstić information content (AvgIpc) is 2.71. The minimum absolute atomic E-state index is 0.0136. The van der Waals surface area contributed by atoms with Gasteiger partial charge in [0.25, 0.3) is 0 Å². The topological polar surface area (TPSA) is 89.9 Å². The number of carbonyl (C=O) groups is 3. The molecule has 0 aromatic heterocycles. The third-order valence-corrected chi connectivity index (χ3v) is 4.75. The first kappa shape index (κ1) is 32.4. The van der Waals surface area contributed by atoms with Gasteiger partial charge < -0.3 is 14.6 Å². The van der Waals surface area contributed by atoms with Crippen molar-refractivity contribution >= 4 is 17.5 Å². The van der Waals surface area contributed by atoms with E-state index in [2.05, 4.69) is 0 Å². The Balaban J connectivity index is -0.000000402. The lowest BCUT2D eigenvalue weighted by Crippen LogP contribution is -2.15. The van der Waals surface area contributed by atoms with Crippen LogP contribution in [0, 0.1) is 17.8 Å². The molecule has 3 unspecified atom stereocenters. The smallest absolute Gasteiger partial charge is 0.308 e. The van der Waals surface area contributed by atoms with Crippen LogP contribution in [0.2, 0.25) is 0 Å². The number of aliphatic hydroxyl groups is 1. The first-order valence-corrected chi connectivity index (χ1v) is 10.9. The monoisotopic (exact) mass is 418 g/mol. The molecule has 0 amide bonds. The number of esters is 1. The summed E-state index contributed by atoms with van der Waals surface area (Å²) in [5.41, 5.74) is 0. The van der Waals surface area contributed by atoms with Gasteiger partial charge in [0.1, 0.15) is 11.6 Å². The lowest BCUT2D eigenvalue weighted by molar-refractivity contribution is -0.148. The molecule has 0 aliphatic carbocycles. The summed E-state index contributed by atoms with van der Waals surface area (Å²) in [6, 6.07) is 0. The summed E-state index contributed by atoms with van der Waals surface area (Å²) < 4.78 is 10.2. The SMILES string of the molecule is CCC(C)C(=O)OCCCOCCCO.CCC(C)C(C)=O.CCC(C)C(C)=O. The Hall–Kier alpha value is -1.27. The highest BCUT2D eigenvalue weighted by Crippen LogP contribution is 2.03. The van der Waals surface area contributed by atoms with Crippen molar-refractivity contribution in [3.8, 4) is 0 Å². The van der Waals surface area contributed by atoms with Crippen LogP contribution in [0.3, 0.4) is 0 Å². The van der Waals surface area contributed by atoms with Crippen LogP contribution in [0.25, 0.3) is 0 Å². The first-order chi connectivity index (χ1) is 13.6. The van der Waals surface area contributed by atoms with Crippen molar-refractivity contribution < 1.29 is 29.0 Å². The van der Waals surface area contributed by atoms with Crippen LogP contribution in [0.5, 0.6) is 0 Å². The van der Waals surface area contributed by atoms with Crippen molar-refractivity contribution in [2.75, 3.05) is 26.4 Å². The number of aliphatic hydroxyl groups excluding tert-OH is 1. The van der Waals surface area contributed by atoms with Gasteiger partial charge >= 0.3 is 5.97 Å². The second kappa shape index (κ2) is 23.0. The van der Waals surface area contributed by atoms with Crippen LogP contribution >= 0.6 is 0 Å². The van der Waals surface area contributed by atoms with Crippen molar-refractivity contribution in [1.29, 1.82) is 0 Å². The minimum atomic E-state index is -0.132. The molecule has 0 aliphatic heterocycles. The van der Waals surface area contributed by atoms with E-state index in [4.69, 9.17) is 14.6 Å². The van der Waals surface area contributed by atoms with Crippen LogP contribution in [-0.4, -0.2) is 49.1 Å². The van der Waals surface area contributed by atoms with Crippen molar-refractivity contribution in [3.63, 3.8) is 0 Å². The summed E-state index contributed by atoms with van der Waals surface area (Å²) in [4.78, 5) is 32.0. The maximum Gasteiger partial charge on any atom is 0.308 e. The molecular weight excluding hydrogens is 372 g/mol. The summed E-state index contributed by atoms with van der Waals surface area (Å²) >= 11 is 0. The fraction of sp³-hybridized carbons (Fsp3) is 0.870. The Labute approximate surface area is 178 Å². The number of hydrogen-bond donors (Lipinski definition) is 1. The highest BCUT2D eigenvalue weighted by Gasteiger charge is 2.10. The molecule has 0 saturated heterocycles. The number of rotatable bonds is 13. The molecule has 29 heavy (non-hydrogen) atoms. The van der Waals surface area contributed by atoms with Gasteiger partial charge in [-0.05, 0) is 39.5 Å². The molecule has 1 N–H and O–H groups in total. The number of hydrogen-bond acceptors (Lipinski definition) is 6. The molecule has 0 aromatic carbocycles. The van der Waals surface area contributed by atoms with Gasteiger partial charge in [0.05, 0.1) is 12.5 Å². The van der Waals surface area contributed by atoms with Gasteiger partial charge in [-0.1, -0.05) is 41.5 Å². The van der Waals surface area contributed by atoms with Crippen molar-refractivity contribution in [2.45, 2.75) is 87.5 Å². The normalized spacial score (nSPS) is 13.0. The maximum atomic E-state index is 11.2. The van der Waals surface area contributed by atoms with E-state index in [1.807, 2.05) is 41.5 Å². The van der Waals surface area contributed by atoms with Crippen molar-refractivity contribution in [3.05, 3.63) is 0 Å². The molecule has 3 atom stereocenters. The van der Waals surface area contributed by atoms with Gasteiger partial charge in [-0.15, -0.1) is 0 Å². The largest absolute Gasteiger partial charge is 0.465 e. The van der Waals surface area contributed by atoms with Gasteiger partial charge in [0, 0.05) is 38.1 Å². The molecule has 0 radical (unpaired) electrons. The van der Waals surface area contributed by atoms with Crippen molar-refractivity contribution in [2.24, 2.45) is 17.8 Å². The maximum absolute atomic E-state index is 11.2. The Kier molecular flexibility index (Phi) is 25.7. The van der Waals surface area contributed by atoms with Crippen LogP contribution in [-0.2, 0) is 23.9 Å². The summed E-state index contributed by atoms with van der Waals surface area (Å²) in [6.45, 7) is 16.7. The summed E-state index contributed by atoms with van der Waals surface area (Å²) in [5, 5.41) is 8.48. The van der Waals surface area contributed by atoms with Gasteiger partial charge in [-0.2, -0.15) is 0 Å². The Morgan fingerprint density at radius 2 is 1.14 bits per heavy atom. The molecule has 0 rings (SSSR count). The van der Waals surface area contributed by atoms with Gasteiger partial charge in [-0.3, -0.25) is 14.4 Å². The van der Waals surface area contributed by atoms with Gasteiger partial charge in [0.15, 0.2) is 0 Å². The molecule has 0 bridgehead atoms. The van der Waals surface area contributed by atoms with Gasteiger partial charge in [-0.25, -0.2) is 0 Å². The number of Topliss-reactive ketones (excluding diaryl/α,β-unsaturated/α-hetero) is 2. The van der Waals surface area contributed by atoms with Crippen LogP contribution < -0.4 is 0 Å². The zero-order valence-corrected chi connectivity index (χ0v) is 20.1. The zero-order valence-electron chi connectivity index (χ0n) is 20.1. The van der Waals surface area contributed by atoms with Crippen LogP contribution in [0.4, 0.5) is 0 Å². The molecular formula is C23H46O6. The highest BCUT2D eigenvalue weighted by molar-refractivity contribution is 5.78. The van der Waals surface area contributed by atoms with E-state index < -0.39 is 0 Å². The van der Waals surface area contributed by atoms with Crippen molar-refractivity contribution in [1.82, 2.24) is 0 Å². The molecule has 0 spiro atoms. The van der Waals surface area contributed by atoms with E-state index in [9.17, 15) is 14.4 Å². The molecule has 0 aliphatic rings. The third-order valence-electron chi connectivity index (χ3n) is 4.75. The average molecular weight is 419 g/mol. The van der Waals surface area contributed by atoms with E-state index >= 15 is 0 Å². The fourth-order valence-electron chi connectivity index (χ4n) is 1.49. The number of ketones is 2. The second-order valence-corrected chi connectivity index (χ2v) is 7.36. The van der Waals surface area contributed by atoms with Crippen LogP contribution in [0.1, 0.15) is 87.5 Å². The molecule has 174 valence electrons. The summed E-state index contributed by atoms with van der Waals surface area (Å²) in [6.07, 6.45) is 4.12. The predicted octanol–water partition coefficient (Wildman–Crippen LogP) is 4.61. The van der Waals surface area contributed by atoms with E-state index in [1.165, 1.54) is 0 Å². The molecule has 6 heteroatoms. The zero-order chi connectivity index (χ0) is 23.2. The quantitative estimate of drug-likeness (QED) is 0.347. The van der Waals surface area contributed by atoms with E-state index in [0.29, 0.717) is 44.2 Å². The summed E-state index contributed by atoms with van der Waals surface area (Å²) in [5.74, 6) is 0.971. The van der Waals surface area contributed by atoms with Gasteiger partial charge in [0.2, 0.25) is 0 Å². The van der Waals surface area contributed by atoms with E-state index in [1.54, 1.807) is 13.8 Å². The standard InChI is InChI=1S/C11H22O4.2C6H12O/c1-3-10(2)11(13)15-9-5-8-14-7-4-6-12;2*1-4-5(2)6(3)7/h10,12H,3-9H2,1-2H3;2*5H,4H2,1-3H3. The fourth-order valence-corrected chi connectivity index (χ4v) is 1.49. The number of carbonyl (C=O) groups excluding carboxylic acids is 3. The van der Waals surface area contributed by atoms with Crippen LogP contribution in [0.15, 0.2) is 0 Å². The van der Waals surface area contributed by atoms with E-state index in [-0.39, 0.29) is 30.3 Å². The Morgan fingerprint density at radius 3 is 1.45 bits per heavy atom. The minimum Gasteiger partial charge on any atom is -0.465 e. The predicted molar refractivity (Wildman–Crippen MR) is 118 cm³/mol.